The van der Waals surface area contributed by atoms with Gasteiger partial charge in [-0.15, -0.1) is 6.58 Å². The number of hydrogen-bond acceptors (Lipinski definition) is 6. The molecule has 1 amide bonds. The van der Waals surface area contributed by atoms with E-state index in [2.05, 4.69) is 11.6 Å². The molecule has 1 aromatic heterocycles. The third-order valence-electron chi connectivity index (χ3n) is 4.80. The highest BCUT2D eigenvalue weighted by Crippen LogP contribution is 2.33. The van der Waals surface area contributed by atoms with Crippen molar-refractivity contribution in [2.75, 3.05) is 6.61 Å². The number of benzene rings is 2. The number of carbonyl (C=O) groups excluding carboxylic acids is 2. The van der Waals surface area contributed by atoms with Crippen LogP contribution in [0.25, 0.3) is 10.2 Å². The van der Waals surface area contributed by atoms with Gasteiger partial charge in [-0.25, -0.2) is 4.79 Å². The molecule has 2 heterocycles. The summed E-state index contributed by atoms with van der Waals surface area (Å²) in [6, 6.07) is 12.5. The maximum atomic E-state index is 13.0. The van der Waals surface area contributed by atoms with Gasteiger partial charge >= 0.3 is 5.97 Å². The second-order valence-electron chi connectivity index (χ2n) is 6.95. The largest absolute Gasteiger partial charge is 0.482 e. The van der Waals surface area contributed by atoms with Crippen molar-refractivity contribution in [3.8, 4) is 11.5 Å². The fourth-order valence-corrected chi connectivity index (χ4v) is 4.44. The molecule has 1 aliphatic heterocycles. The Morgan fingerprint density at radius 2 is 1.97 bits per heavy atom. The van der Waals surface area contributed by atoms with Crippen LogP contribution >= 0.6 is 11.3 Å². The van der Waals surface area contributed by atoms with Crippen molar-refractivity contribution in [1.82, 2.24) is 4.57 Å². The number of hydrogen-bond donors (Lipinski definition) is 0. The van der Waals surface area contributed by atoms with E-state index in [0.29, 0.717) is 35.0 Å². The molecule has 160 valence electrons. The molecule has 0 aliphatic carbocycles. The minimum absolute atomic E-state index is 0.303. The number of carbonyl (C=O) groups is 2. The SMILES string of the molecule is C=CCn1c(=NC(=O)C2Oc3ccccc3OC2C)sc2cc(C(=O)OCC)ccc21. The zero-order valence-electron chi connectivity index (χ0n) is 17.2. The van der Waals surface area contributed by atoms with Gasteiger partial charge < -0.3 is 18.8 Å². The molecule has 0 fully saturated rings. The highest BCUT2D eigenvalue weighted by Gasteiger charge is 2.34. The molecular formula is C23H22N2O5S. The molecule has 0 N–H and O–H groups in total. The molecule has 2 aromatic carbocycles. The van der Waals surface area contributed by atoms with Crippen LogP contribution in [0.4, 0.5) is 0 Å². The van der Waals surface area contributed by atoms with Gasteiger partial charge in [-0.1, -0.05) is 29.5 Å². The molecule has 0 radical (unpaired) electrons. The molecule has 2 unspecified atom stereocenters. The lowest BCUT2D eigenvalue weighted by molar-refractivity contribution is -0.130. The van der Waals surface area contributed by atoms with Gasteiger partial charge in [0.05, 0.1) is 22.4 Å². The summed E-state index contributed by atoms with van der Waals surface area (Å²) in [4.78, 5) is 29.9. The number of nitrogens with zero attached hydrogens (tertiary/aromatic N) is 2. The predicted octanol–water partition coefficient (Wildman–Crippen LogP) is 3.72. The third-order valence-corrected chi connectivity index (χ3v) is 5.84. The fourth-order valence-electron chi connectivity index (χ4n) is 3.35. The maximum Gasteiger partial charge on any atom is 0.338 e. The smallest absolute Gasteiger partial charge is 0.338 e. The molecule has 1 aliphatic rings. The molecule has 8 heteroatoms. The van der Waals surface area contributed by atoms with Crippen molar-refractivity contribution in [1.29, 1.82) is 0 Å². The molecule has 4 rings (SSSR count). The third kappa shape index (κ3) is 4.11. The average Bonchev–Trinajstić information content (AvgIpc) is 3.09. The van der Waals surface area contributed by atoms with Gasteiger partial charge in [0.25, 0.3) is 5.91 Å². The molecule has 0 saturated carbocycles. The number of para-hydroxylation sites is 2. The number of aromatic nitrogens is 1. The summed E-state index contributed by atoms with van der Waals surface area (Å²) in [5.74, 6) is 0.303. The molecule has 0 spiro atoms. The van der Waals surface area contributed by atoms with Crippen molar-refractivity contribution >= 4 is 33.4 Å². The number of thiazole rings is 1. The highest BCUT2D eigenvalue weighted by atomic mass is 32.1. The minimum atomic E-state index is -0.854. The van der Waals surface area contributed by atoms with Crippen molar-refractivity contribution in [2.45, 2.75) is 32.6 Å². The van der Waals surface area contributed by atoms with E-state index >= 15 is 0 Å². The van der Waals surface area contributed by atoms with Gasteiger partial charge in [0.1, 0.15) is 6.10 Å². The highest BCUT2D eigenvalue weighted by molar-refractivity contribution is 7.16. The van der Waals surface area contributed by atoms with Crippen LogP contribution in [0.3, 0.4) is 0 Å². The van der Waals surface area contributed by atoms with Crippen molar-refractivity contribution in [3.05, 3.63) is 65.5 Å². The minimum Gasteiger partial charge on any atom is -0.482 e. The first-order chi connectivity index (χ1) is 15.0. The first-order valence-electron chi connectivity index (χ1n) is 9.94. The molecule has 0 bridgehead atoms. The molecule has 3 aromatic rings. The normalized spacial score (nSPS) is 18.1. The average molecular weight is 439 g/mol. The first kappa shape index (κ1) is 20.9. The van der Waals surface area contributed by atoms with Crippen molar-refractivity contribution in [3.63, 3.8) is 0 Å². The standard InChI is InChI=1S/C23H22N2O5S/c1-4-12-25-16-11-10-15(22(27)28-5-2)13-19(16)31-23(25)24-21(26)20-14(3)29-17-8-6-7-9-18(17)30-20/h4,6-11,13-14,20H,1,5,12H2,2-3H3. The van der Waals surface area contributed by atoms with E-state index in [-0.39, 0.29) is 5.97 Å². The maximum absolute atomic E-state index is 13.0. The number of allylic oxidation sites excluding steroid dienone is 1. The van der Waals surface area contributed by atoms with E-state index in [1.165, 1.54) is 11.3 Å². The topological polar surface area (TPSA) is 79.1 Å². The Morgan fingerprint density at radius 1 is 1.23 bits per heavy atom. The summed E-state index contributed by atoms with van der Waals surface area (Å²) in [6.07, 6.45) is 0.393. The van der Waals surface area contributed by atoms with E-state index in [1.54, 1.807) is 44.2 Å². The van der Waals surface area contributed by atoms with Gasteiger partial charge in [0.15, 0.2) is 16.3 Å². The Hall–Kier alpha value is -3.39. The fraction of sp³-hybridized carbons (Fsp3) is 0.261. The van der Waals surface area contributed by atoms with Crippen LogP contribution < -0.4 is 14.3 Å². The number of esters is 1. The Bertz CT molecular complexity index is 1230. The zero-order valence-corrected chi connectivity index (χ0v) is 18.1. The van der Waals surface area contributed by atoms with Crippen LogP contribution in [0.2, 0.25) is 0 Å². The van der Waals surface area contributed by atoms with Crippen LogP contribution in [-0.2, 0) is 16.1 Å². The van der Waals surface area contributed by atoms with Crippen LogP contribution in [0.15, 0.2) is 60.1 Å². The van der Waals surface area contributed by atoms with Crippen LogP contribution in [0.5, 0.6) is 11.5 Å². The lowest BCUT2D eigenvalue weighted by atomic mass is 10.1. The molecule has 0 saturated heterocycles. The summed E-state index contributed by atoms with van der Waals surface area (Å²) < 4.78 is 19.5. The first-order valence-corrected chi connectivity index (χ1v) is 10.8. The number of amides is 1. The Labute approximate surface area is 183 Å². The summed E-state index contributed by atoms with van der Waals surface area (Å²) in [6.45, 7) is 8.11. The summed E-state index contributed by atoms with van der Waals surface area (Å²) in [5.41, 5.74) is 1.30. The number of ether oxygens (including phenoxy) is 3. The zero-order chi connectivity index (χ0) is 22.0. The van der Waals surface area contributed by atoms with Crippen molar-refractivity contribution < 1.29 is 23.8 Å². The lowest BCUT2D eigenvalue weighted by Gasteiger charge is -2.29. The van der Waals surface area contributed by atoms with Gasteiger partial charge in [-0.2, -0.15) is 4.99 Å². The van der Waals surface area contributed by atoms with Gasteiger partial charge in [-0.3, -0.25) is 4.79 Å². The predicted molar refractivity (Wildman–Crippen MR) is 117 cm³/mol. The Balaban J connectivity index is 1.72. The van der Waals surface area contributed by atoms with Gasteiger partial charge in [0, 0.05) is 6.54 Å². The molecule has 2 atom stereocenters. The molecule has 31 heavy (non-hydrogen) atoms. The number of rotatable bonds is 5. The number of fused-ring (bicyclic) bond motifs is 2. The van der Waals surface area contributed by atoms with Crippen LogP contribution in [0.1, 0.15) is 24.2 Å². The molecular weight excluding hydrogens is 416 g/mol. The summed E-state index contributed by atoms with van der Waals surface area (Å²) in [7, 11) is 0. The van der Waals surface area contributed by atoms with E-state index in [1.807, 2.05) is 22.8 Å². The van der Waals surface area contributed by atoms with E-state index in [9.17, 15) is 9.59 Å². The Kier molecular flexibility index (Phi) is 5.90. The molecule has 7 nitrogen and oxygen atoms in total. The summed E-state index contributed by atoms with van der Waals surface area (Å²) >= 11 is 1.32. The van der Waals surface area contributed by atoms with E-state index in [0.717, 1.165) is 10.2 Å². The summed E-state index contributed by atoms with van der Waals surface area (Å²) in [5, 5.41) is 0. The second-order valence-corrected chi connectivity index (χ2v) is 7.95. The monoisotopic (exact) mass is 438 g/mol. The Morgan fingerprint density at radius 3 is 2.68 bits per heavy atom. The quantitative estimate of drug-likeness (QED) is 0.448. The van der Waals surface area contributed by atoms with Crippen LogP contribution in [-0.4, -0.2) is 35.3 Å². The van der Waals surface area contributed by atoms with Gasteiger partial charge in [-0.05, 0) is 44.2 Å². The second kappa shape index (κ2) is 8.77. The van der Waals surface area contributed by atoms with Crippen molar-refractivity contribution in [2.24, 2.45) is 4.99 Å². The lowest BCUT2D eigenvalue weighted by Crippen LogP contribution is -2.43. The van der Waals surface area contributed by atoms with Gasteiger partial charge in [0.2, 0.25) is 6.10 Å². The van der Waals surface area contributed by atoms with E-state index < -0.39 is 18.1 Å². The van der Waals surface area contributed by atoms with Crippen LogP contribution in [0, 0.1) is 0 Å². The van der Waals surface area contributed by atoms with E-state index in [4.69, 9.17) is 14.2 Å².